The highest BCUT2D eigenvalue weighted by Crippen LogP contribution is 2.27. The molecule has 0 amide bonds. The summed E-state index contributed by atoms with van der Waals surface area (Å²) in [6, 6.07) is 8.27. The second-order valence-corrected chi connectivity index (χ2v) is 5.93. The summed E-state index contributed by atoms with van der Waals surface area (Å²) in [4.78, 5) is 2.43. The molecule has 2 aliphatic rings. The van der Waals surface area contributed by atoms with Gasteiger partial charge in [0, 0.05) is 30.9 Å². The molecule has 1 fully saturated rings. The van der Waals surface area contributed by atoms with Crippen LogP contribution in [0.3, 0.4) is 0 Å². The molecule has 1 aromatic carbocycles. The van der Waals surface area contributed by atoms with Gasteiger partial charge in [0.1, 0.15) is 0 Å². The maximum absolute atomic E-state index is 9.22. The Kier molecular flexibility index (Phi) is 4.76. The van der Waals surface area contributed by atoms with E-state index in [9.17, 15) is 5.21 Å². The van der Waals surface area contributed by atoms with Gasteiger partial charge in [0.2, 0.25) is 0 Å². The first-order valence-electron chi connectivity index (χ1n) is 8.05. The zero-order valence-electron chi connectivity index (χ0n) is 12.5. The van der Waals surface area contributed by atoms with Crippen LogP contribution in [0.2, 0.25) is 0 Å². The van der Waals surface area contributed by atoms with Gasteiger partial charge >= 0.3 is 0 Å². The van der Waals surface area contributed by atoms with Gasteiger partial charge in [-0.05, 0) is 44.6 Å². The van der Waals surface area contributed by atoms with Crippen molar-refractivity contribution >= 4 is 11.4 Å². The molecule has 2 aliphatic heterocycles. The summed E-state index contributed by atoms with van der Waals surface area (Å²) in [5.41, 5.74) is 3.09. The third-order valence-corrected chi connectivity index (χ3v) is 4.50. The van der Waals surface area contributed by atoms with E-state index in [-0.39, 0.29) is 0 Å². The van der Waals surface area contributed by atoms with Crippen LogP contribution in [0, 0.1) is 0 Å². The normalized spacial score (nSPS) is 24.1. The number of oxime groups is 1. The molecule has 1 N–H and O–H groups in total. The SMILES string of the molecule is O/N=C1/CCCN(CCCC2CCCO2)c2ccccc21. The van der Waals surface area contributed by atoms with Crippen LogP contribution in [0.1, 0.15) is 44.1 Å². The Morgan fingerprint density at radius 2 is 2.19 bits per heavy atom. The fourth-order valence-electron chi connectivity index (χ4n) is 3.40. The number of benzene rings is 1. The van der Waals surface area contributed by atoms with Crippen LogP contribution in [-0.2, 0) is 4.74 Å². The summed E-state index contributed by atoms with van der Waals surface area (Å²) in [6.07, 6.45) is 7.10. The molecule has 0 spiro atoms. The van der Waals surface area contributed by atoms with Crippen molar-refractivity contribution < 1.29 is 9.94 Å². The molecule has 1 atom stereocenters. The average Bonchev–Trinajstić information content (AvgIpc) is 2.97. The highest BCUT2D eigenvalue weighted by Gasteiger charge is 2.20. The molecule has 4 heteroatoms. The Morgan fingerprint density at radius 3 is 3.00 bits per heavy atom. The van der Waals surface area contributed by atoms with Gasteiger partial charge in [-0.3, -0.25) is 0 Å². The van der Waals surface area contributed by atoms with Gasteiger partial charge in [-0.2, -0.15) is 0 Å². The molecule has 2 heterocycles. The lowest BCUT2D eigenvalue weighted by atomic mass is 10.1. The van der Waals surface area contributed by atoms with Crippen LogP contribution in [0.4, 0.5) is 5.69 Å². The van der Waals surface area contributed by atoms with Crippen molar-refractivity contribution in [3.63, 3.8) is 0 Å². The number of fused-ring (bicyclic) bond motifs is 1. The van der Waals surface area contributed by atoms with Gasteiger partial charge in [0.25, 0.3) is 0 Å². The maximum Gasteiger partial charge on any atom is 0.0889 e. The molecular weight excluding hydrogens is 264 g/mol. The van der Waals surface area contributed by atoms with E-state index in [0.717, 1.165) is 56.7 Å². The Morgan fingerprint density at radius 1 is 1.29 bits per heavy atom. The largest absolute Gasteiger partial charge is 0.411 e. The Bertz CT molecular complexity index is 495. The predicted molar refractivity (Wildman–Crippen MR) is 84.4 cm³/mol. The van der Waals surface area contributed by atoms with Crippen molar-refractivity contribution in [1.82, 2.24) is 0 Å². The van der Waals surface area contributed by atoms with Gasteiger partial charge in [-0.15, -0.1) is 0 Å². The summed E-state index contributed by atoms with van der Waals surface area (Å²) in [7, 11) is 0. The van der Waals surface area contributed by atoms with Crippen LogP contribution in [0.5, 0.6) is 0 Å². The van der Waals surface area contributed by atoms with Crippen molar-refractivity contribution in [3.05, 3.63) is 29.8 Å². The fraction of sp³-hybridized carbons (Fsp3) is 0.588. The summed E-state index contributed by atoms with van der Waals surface area (Å²) in [5.74, 6) is 0. The lowest BCUT2D eigenvalue weighted by molar-refractivity contribution is 0.103. The summed E-state index contributed by atoms with van der Waals surface area (Å²) in [6.45, 7) is 3.02. The first-order valence-corrected chi connectivity index (χ1v) is 8.05. The maximum atomic E-state index is 9.22. The van der Waals surface area contributed by atoms with Gasteiger partial charge in [-0.25, -0.2) is 0 Å². The molecule has 0 aromatic heterocycles. The zero-order chi connectivity index (χ0) is 14.5. The van der Waals surface area contributed by atoms with Crippen molar-refractivity contribution in [2.24, 2.45) is 5.16 Å². The molecule has 3 rings (SSSR count). The standard InChI is InChI=1S/C17H24N2O2/c20-18-16-9-4-12-19(17-10-2-1-8-15(16)17)11-3-6-14-7-5-13-21-14/h1-2,8,10,14,20H,3-7,9,11-13H2/b18-16-. The molecule has 0 aliphatic carbocycles. The lowest BCUT2D eigenvalue weighted by Crippen LogP contribution is -2.26. The average molecular weight is 288 g/mol. The van der Waals surface area contributed by atoms with E-state index in [4.69, 9.17) is 4.74 Å². The Labute approximate surface area is 126 Å². The number of ether oxygens (including phenoxy) is 1. The molecule has 21 heavy (non-hydrogen) atoms. The molecule has 114 valence electrons. The highest BCUT2D eigenvalue weighted by molar-refractivity contribution is 6.05. The second kappa shape index (κ2) is 6.94. The summed E-state index contributed by atoms with van der Waals surface area (Å²) < 4.78 is 5.70. The van der Waals surface area contributed by atoms with Crippen LogP contribution in [0.25, 0.3) is 0 Å². The monoisotopic (exact) mass is 288 g/mol. The van der Waals surface area contributed by atoms with Crippen molar-refractivity contribution in [1.29, 1.82) is 0 Å². The number of hydrogen-bond donors (Lipinski definition) is 1. The zero-order valence-corrected chi connectivity index (χ0v) is 12.5. The minimum absolute atomic E-state index is 0.474. The molecule has 1 unspecified atom stereocenters. The van der Waals surface area contributed by atoms with Gasteiger partial charge < -0.3 is 14.8 Å². The molecule has 1 aromatic rings. The van der Waals surface area contributed by atoms with E-state index in [0.29, 0.717) is 6.10 Å². The third kappa shape index (κ3) is 3.38. The quantitative estimate of drug-likeness (QED) is 0.682. The van der Waals surface area contributed by atoms with E-state index in [1.54, 1.807) is 0 Å². The van der Waals surface area contributed by atoms with Gasteiger partial charge in [0.15, 0.2) is 0 Å². The molecule has 0 radical (unpaired) electrons. The topological polar surface area (TPSA) is 45.1 Å². The van der Waals surface area contributed by atoms with E-state index in [1.165, 1.54) is 18.5 Å². The van der Waals surface area contributed by atoms with Crippen LogP contribution in [-0.4, -0.2) is 36.7 Å². The molecule has 1 saturated heterocycles. The number of para-hydroxylation sites is 1. The predicted octanol–water partition coefficient (Wildman–Crippen LogP) is 3.42. The van der Waals surface area contributed by atoms with Crippen LogP contribution < -0.4 is 4.90 Å². The number of anilines is 1. The van der Waals surface area contributed by atoms with Gasteiger partial charge in [-0.1, -0.05) is 23.4 Å². The Hall–Kier alpha value is -1.55. The van der Waals surface area contributed by atoms with E-state index >= 15 is 0 Å². The summed E-state index contributed by atoms with van der Waals surface area (Å²) >= 11 is 0. The number of nitrogens with zero attached hydrogens (tertiary/aromatic N) is 2. The first kappa shape index (κ1) is 14.4. The third-order valence-electron chi connectivity index (χ3n) is 4.50. The summed E-state index contributed by atoms with van der Waals surface area (Å²) in [5, 5.41) is 12.7. The lowest BCUT2D eigenvalue weighted by Gasteiger charge is -2.25. The van der Waals surface area contributed by atoms with Crippen molar-refractivity contribution in [2.75, 3.05) is 24.6 Å². The minimum Gasteiger partial charge on any atom is -0.411 e. The minimum atomic E-state index is 0.474. The first-order chi connectivity index (χ1) is 10.4. The number of rotatable bonds is 4. The smallest absolute Gasteiger partial charge is 0.0889 e. The highest BCUT2D eigenvalue weighted by atomic mass is 16.5. The van der Waals surface area contributed by atoms with E-state index in [2.05, 4.69) is 28.3 Å². The van der Waals surface area contributed by atoms with Gasteiger partial charge in [0.05, 0.1) is 11.8 Å². The fourth-order valence-corrected chi connectivity index (χ4v) is 3.40. The van der Waals surface area contributed by atoms with Crippen molar-refractivity contribution in [2.45, 2.75) is 44.6 Å². The molecule has 4 nitrogen and oxygen atoms in total. The molecular formula is C17H24N2O2. The van der Waals surface area contributed by atoms with Crippen LogP contribution >= 0.6 is 0 Å². The Balaban J connectivity index is 1.66. The molecule has 0 saturated carbocycles. The van der Waals surface area contributed by atoms with E-state index in [1.807, 2.05) is 6.07 Å². The number of hydrogen-bond acceptors (Lipinski definition) is 4. The second-order valence-electron chi connectivity index (χ2n) is 5.93. The van der Waals surface area contributed by atoms with E-state index < -0.39 is 0 Å². The van der Waals surface area contributed by atoms with Crippen LogP contribution in [0.15, 0.2) is 29.4 Å². The molecule has 0 bridgehead atoms. The van der Waals surface area contributed by atoms with Crippen molar-refractivity contribution in [3.8, 4) is 0 Å².